The molecule has 2 aromatic rings. The lowest BCUT2D eigenvalue weighted by Gasteiger charge is -2.62. The van der Waals surface area contributed by atoms with Crippen molar-refractivity contribution in [1.29, 1.82) is 0 Å². The van der Waals surface area contributed by atoms with Gasteiger partial charge in [0, 0.05) is 23.7 Å². The van der Waals surface area contributed by atoms with Crippen LogP contribution in [0.4, 0.5) is 0 Å². The number of fused-ring (bicyclic) bond motifs is 6. The quantitative estimate of drug-likeness (QED) is 0.458. The molecule has 6 heteroatoms. The minimum atomic E-state index is -0.616. The first kappa shape index (κ1) is 25.1. The van der Waals surface area contributed by atoms with Gasteiger partial charge in [-0.3, -0.25) is 9.69 Å². The average molecular weight is 506 g/mol. The highest BCUT2D eigenvalue weighted by Gasteiger charge is 2.58. The number of benzene rings is 1. The van der Waals surface area contributed by atoms with Crippen LogP contribution >= 0.6 is 0 Å². The molecule has 4 aliphatic rings. The average Bonchev–Trinajstić information content (AvgIpc) is 3.13. The SMILES string of the molecule is CCOC(=O)c1nc2ccccc2n([C@H]2C[C@H]3CC[C@@H](C2)N3C23CC(C)CC(C)(CC(CC)C2)C3)c1=O. The second-order valence-electron chi connectivity index (χ2n) is 13.2. The Morgan fingerprint density at radius 2 is 1.78 bits per heavy atom. The molecule has 0 radical (unpaired) electrons. The van der Waals surface area contributed by atoms with Crippen molar-refractivity contribution in [3.8, 4) is 0 Å². The molecule has 7 atom stereocenters. The first-order valence-electron chi connectivity index (χ1n) is 14.7. The Morgan fingerprint density at radius 3 is 2.49 bits per heavy atom. The molecular weight excluding hydrogens is 462 g/mol. The van der Waals surface area contributed by atoms with Crippen LogP contribution in [0, 0.1) is 17.3 Å². The number of hydrogen-bond donors (Lipinski definition) is 0. The number of nitrogens with zero attached hydrogens (tertiary/aromatic N) is 3. The molecule has 0 N–H and O–H groups in total. The van der Waals surface area contributed by atoms with Crippen LogP contribution < -0.4 is 5.56 Å². The van der Waals surface area contributed by atoms with E-state index in [9.17, 15) is 9.59 Å². The minimum Gasteiger partial charge on any atom is -0.461 e. The van der Waals surface area contributed by atoms with E-state index in [2.05, 4.69) is 30.7 Å². The van der Waals surface area contributed by atoms with E-state index in [1.807, 2.05) is 28.8 Å². The second kappa shape index (κ2) is 9.21. The highest BCUT2D eigenvalue weighted by molar-refractivity contribution is 5.89. The molecule has 2 aliphatic heterocycles. The maximum absolute atomic E-state index is 13.7. The number of aromatic nitrogens is 2. The zero-order valence-electron chi connectivity index (χ0n) is 23.0. The largest absolute Gasteiger partial charge is 0.461 e. The summed E-state index contributed by atoms with van der Waals surface area (Å²) in [7, 11) is 0. The Labute approximate surface area is 220 Å². The minimum absolute atomic E-state index is 0.0798. The first-order valence-corrected chi connectivity index (χ1v) is 14.7. The highest BCUT2D eigenvalue weighted by atomic mass is 16.5. The van der Waals surface area contributed by atoms with Crippen molar-refractivity contribution in [1.82, 2.24) is 14.5 Å². The number of carbonyl (C=O) groups is 1. The van der Waals surface area contributed by atoms with E-state index in [0.29, 0.717) is 28.6 Å². The summed E-state index contributed by atoms with van der Waals surface area (Å²) in [6.45, 7) is 9.42. The molecule has 1 aromatic heterocycles. The van der Waals surface area contributed by atoms with E-state index in [4.69, 9.17) is 4.74 Å². The van der Waals surface area contributed by atoms with E-state index in [1.54, 1.807) is 6.92 Å². The van der Waals surface area contributed by atoms with Gasteiger partial charge in [-0.05, 0) is 94.1 Å². The first-order chi connectivity index (χ1) is 17.8. The van der Waals surface area contributed by atoms with Crippen LogP contribution in [0.3, 0.4) is 0 Å². The fourth-order valence-corrected chi connectivity index (χ4v) is 9.69. The maximum atomic E-state index is 13.7. The highest BCUT2D eigenvalue weighted by Crippen LogP contribution is 2.60. The van der Waals surface area contributed by atoms with Crippen molar-refractivity contribution in [3.63, 3.8) is 0 Å². The number of para-hydroxylation sites is 2. The lowest BCUT2D eigenvalue weighted by atomic mass is 9.53. The molecule has 2 aliphatic carbocycles. The van der Waals surface area contributed by atoms with Gasteiger partial charge in [0.2, 0.25) is 5.69 Å². The Morgan fingerprint density at radius 1 is 1.05 bits per heavy atom. The van der Waals surface area contributed by atoms with Crippen LogP contribution in [0.25, 0.3) is 11.0 Å². The van der Waals surface area contributed by atoms with Gasteiger partial charge in [-0.25, -0.2) is 9.78 Å². The smallest absolute Gasteiger partial charge is 0.362 e. The van der Waals surface area contributed by atoms with Crippen molar-refractivity contribution < 1.29 is 9.53 Å². The molecule has 1 aromatic carbocycles. The van der Waals surface area contributed by atoms with Gasteiger partial charge >= 0.3 is 5.97 Å². The third-order valence-electron chi connectivity index (χ3n) is 10.2. The lowest BCUT2D eigenvalue weighted by Crippen LogP contribution is -2.64. The number of carbonyl (C=O) groups excluding carboxylic acids is 1. The van der Waals surface area contributed by atoms with Crippen LogP contribution in [-0.4, -0.2) is 44.6 Å². The van der Waals surface area contributed by atoms with Crippen LogP contribution in [0.15, 0.2) is 29.1 Å². The van der Waals surface area contributed by atoms with E-state index >= 15 is 0 Å². The lowest BCUT2D eigenvalue weighted by molar-refractivity contribution is -0.115. The van der Waals surface area contributed by atoms with Gasteiger partial charge in [0.1, 0.15) is 0 Å². The normalized spacial score (nSPS) is 37.6. The molecule has 4 unspecified atom stereocenters. The van der Waals surface area contributed by atoms with Crippen LogP contribution in [0.1, 0.15) is 108 Å². The Bertz CT molecular complexity index is 1240. The molecule has 4 fully saturated rings. The van der Waals surface area contributed by atoms with E-state index < -0.39 is 5.97 Å². The molecule has 2 saturated heterocycles. The van der Waals surface area contributed by atoms with Crippen molar-refractivity contribution in [2.45, 2.75) is 116 Å². The van der Waals surface area contributed by atoms with Crippen LogP contribution in [-0.2, 0) is 4.74 Å². The predicted molar refractivity (Wildman–Crippen MR) is 146 cm³/mol. The number of esters is 1. The van der Waals surface area contributed by atoms with Gasteiger partial charge in [-0.15, -0.1) is 0 Å². The third-order valence-corrected chi connectivity index (χ3v) is 10.2. The van der Waals surface area contributed by atoms with Gasteiger partial charge in [0.25, 0.3) is 5.56 Å². The van der Waals surface area contributed by atoms with E-state index in [1.165, 1.54) is 51.4 Å². The molecule has 200 valence electrons. The summed E-state index contributed by atoms with van der Waals surface area (Å²) < 4.78 is 7.11. The van der Waals surface area contributed by atoms with E-state index in [0.717, 1.165) is 30.2 Å². The summed E-state index contributed by atoms with van der Waals surface area (Å²) in [4.78, 5) is 33.8. The summed E-state index contributed by atoms with van der Waals surface area (Å²) in [5.74, 6) is 0.976. The number of hydrogen-bond acceptors (Lipinski definition) is 5. The van der Waals surface area contributed by atoms with Gasteiger partial charge in [0.05, 0.1) is 17.6 Å². The Balaban J connectivity index is 1.37. The predicted octanol–water partition coefficient (Wildman–Crippen LogP) is 6.13. The van der Waals surface area contributed by atoms with Crippen LogP contribution in [0.2, 0.25) is 0 Å². The molecule has 6 nitrogen and oxygen atoms in total. The van der Waals surface area contributed by atoms with Crippen molar-refractivity contribution in [2.75, 3.05) is 6.61 Å². The van der Waals surface area contributed by atoms with Gasteiger partial charge in [0.15, 0.2) is 0 Å². The number of rotatable bonds is 5. The summed E-state index contributed by atoms with van der Waals surface area (Å²) in [6, 6.07) is 8.83. The summed E-state index contributed by atoms with van der Waals surface area (Å²) in [5, 5.41) is 0. The third kappa shape index (κ3) is 4.14. The van der Waals surface area contributed by atoms with Gasteiger partial charge in [-0.2, -0.15) is 0 Å². The summed E-state index contributed by atoms with van der Waals surface area (Å²) in [5.41, 5.74) is 1.91. The molecular formula is C31H43N3O3. The van der Waals surface area contributed by atoms with Gasteiger partial charge < -0.3 is 9.30 Å². The van der Waals surface area contributed by atoms with Crippen molar-refractivity contribution >= 4 is 17.0 Å². The number of ether oxygens (including phenoxy) is 1. The molecule has 4 bridgehead atoms. The fraction of sp³-hybridized carbons (Fsp3) is 0.710. The number of piperidine rings is 1. The van der Waals surface area contributed by atoms with Gasteiger partial charge in [-0.1, -0.05) is 39.3 Å². The second-order valence-corrected chi connectivity index (χ2v) is 13.2. The van der Waals surface area contributed by atoms with E-state index in [-0.39, 0.29) is 23.9 Å². The summed E-state index contributed by atoms with van der Waals surface area (Å²) in [6.07, 6.45) is 12.4. The maximum Gasteiger partial charge on any atom is 0.362 e. The molecule has 2 saturated carbocycles. The molecule has 37 heavy (non-hydrogen) atoms. The van der Waals surface area contributed by atoms with Crippen molar-refractivity contribution in [2.24, 2.45) is 17.3 Å². The Kier molecular flexibility index (Phi) is 6.25. The molecule has 0 spiro atoms. The van der Waals surface area contributed by atoms with Crippen LogP contribution in [0.5, 0.6) is 0 Å². The molecule has 6 rings (SSSR count). The zero-order valence-corrected chi connectivity index (χ0v) is 23.0. The monoisotopic (exact) mass is 505 g/mol. The fourth-order valence-electron chi connectivity index (χ4n) is 9.69. The topological polar surface area (TPSA) is 64.4 Å². The molecule has 0 amide bonds. The zero-order chi connectivity index (χ0) is 25.9. The standard InChI is InChI=1S/C31H43N3O3/c1-5-21-17-30(4)15-20(3)16-31(18-21,19-30)34-22-11-12-23(34)14-24(13-22)33-26-10-8-7-9-25(26)32-27(28(33)35)29(36)37-6-2/h7-10,20-24H,5-6,11-19H2,1-4H3/t20?,21?,22-,23+,24+,30?,31?. The summed E-state index contributed by atoms with van der Waals surface area (Å²) >= 11 is 0. The Hall–Kier alpha value is -2.21. The molecule has 3 heterocycles. The van der Waals surface area contributed by atoms with Crippen molar-refractivity contribution in [3.05, 3.63) is 40.3 Å².